The highest BCUT2D eigenvalue weighted by molar-refractivity contribution is 5.86. The Kier molecular flexibility index (Phi) is 19.1. The van der Waals surface area contributed by atoms with Gasteiger partial charge in [-0.05, 0) is 97.1 Å². The van der Waals surface area contributed by atoms with Crippen molar-refractivity contribution in [2.75, 3.05) is 26.2 Å². The number of benzene rings is 4. The Balaban J connectivity index is 1.87. The van der Waals surface area contributed by atoms with Crippen molar-refractivity contribution in [3.05, 3.63) is 129 Å². The summed E-state index contributed by atoms with van der Waals surface area (Å²) in [7, 11) is 0. The molecule has 0 spiro atoms. The Labute approximate surface area is 364 Å². The van der Waals surface area contributed by atoms with E-state index in [0.29, 0.717) is 0 Å². The molecule has 4 rings (SSSR count). The maximum atomic E-state index is 11.9. The molecule has 0 saturated carbocycles. The minimum Gasteiger partial charge on any atom is -0.507 e. The minimum absolute atomic E-state index is 0.262. The van der Waals surface area contributed by atoms with Gasteiger partial charge in [0.2, 0.25) is 0 Å². The molecule has 6 heteroatoms. The molecule has 60 heavy (non-hydrogen) atoms. The van der Waals surface area contributed by atoms with Gasteiger partial charge in [-0.25, -0.2) is 0 Å². The number of aromatic hydroxyl groups is 2. The first-order valence-electron chi connectivity index (χ1n) is 23.0. The second-order valence-electron chi connectivity index (χ2n) is 18.9. The topological polar surface area (TPSA) is 71.7 Å². The minimum atomic E-state index is -0.414. The highest BCUT2D eigenvalue weighted by Gasteiger charge is 2.27. The van der Waals surface area contributed by atoms with Crippen LogP contribution < -0.4 is 0 Å². The van der Waals surface area contributed by atoms with Gasteiger partial charge in [0.1, 0.15) is 23.6 Å². The Hall–Kier alpha value is -4.26. The predicted molar refractivity (Wildman–Crippen MR) is 257 cm³/mol. The quantitative estimate of drug-likeness (QED) is 0.0732. The summed E-state index contributed by atoms with van der Waals surface area (Å²) in [6, 6.07) is 28.5. The molecule has 0 unspecified atom stereocenters. The molecule has 326 valence electrons. The van der Waals surface area contributed by atoms with Gasteiger partial charge >= 0.3 is 0 Å². The Bertz CT molecular complexity index is 1770. The van der Waals surface area contributed by atoms with E-state index in [0.717, 1.165) is 98.3 Å². The molecule has 4 aromatic carbocycles. The average Bonchev–Trinajstić information content (AvgIpc) is 3.22. The molecular weight excluding hydrogens is 737 g/mol. The van der Waals surface area contributed by atoms with Gasteiger partial charge in [-0.15, -0.1) is 0 Å². The summed E-state index contributed by atoms with van der Waals surface area (Å²) < 4.78 is 0. The number of unbranched alkanes of at least 4 members (excludes halogenated alkanes) is 4. The molecule has 0 amide bonds. The summed E-state index contributed by atoms with van der Waals surface area (Å²) in [4.78, 5) is 15.9. The molecule has 0 heterocycles. The van der Waals surface area contributed by atoms with Gasteiger partial charge in [-0.3, -0.25) is 19.8 Å². The first-order chi connectivity index (χ1) is 28.7. The molecule has 0 fully saturated rings. The molecule has 0 aliphatic heterocycles. The fraction of sp³-hybridized carbons (Fsp3) is 0.519. The number of nitrogens with zero attached hydrogens (tertiary/aromatic N) is 4. The summed E-state index contributed by atoms with van der Waals surface area (Å²) in [5.74, 6) is 0.553. The average molecular weight is 815 g/mol. The normalized spacial score (nSPS) is 13.6. The van der Waals surface area contributed by atoms with Crippen molar-refractivity contribution in [3.63, 3.8) is 0 Å². The molecule has 0 saturated heterocycles. The molecule has 6 nitrogen and oxygen atoms in total. The van der Waals surface area contributed by atoms with Crippen LogP contribution >= 0.6 is 0 Å². The van der Waals surface area contributed by atoms with Gasteiger partial charge in [0, 0.05) is 47.8 Å². The molecule has 2 N–H and O–H groups in total. The molecule has 0 aliphatic carbocycles. The lowest BCUT2D eigenvalue weighted by molar-refractivity contribution is 0.257. The number of hydrogen-bond acceptors (Lipinski definition) is 6. The van der Waals surface area contributed by atoms with Gasteiger partial charge in [0.15, 0.2) is 0 Å². The Morgan fingerprint density at radius 2 is 0.817 bits per heavy atom. The van der Waals surface area contributed by atoms with E-state index in [1.165, 1.54) is 36.8 Å². The van der Waals surface area contributed by atoms with Crippen molar-refractivity contribution in [2.24, 2.45) is 9.98 Å². The van der Waals surface area contributed by atoms with Crippen LogP contribution in [0.2, 0.25) is 0 Å². The Morgan fingerprint density at radius 3 is 1.10 bits per heavy atom. The van der Waals surface area contributed by atoms with Crippen LogP contribution in [0.5, 0.6) is 11.5 Å². The highest BCUT2D eigenvalue weighted by Crippen LogP contribution is 2.39. The zero-order valence-corrected chi connectivity index (χ0v) is 39.0. The van der Waals surface area contributed by atoms with Crippen molar-refractivity contribution < 1.29 is 10.2 Å². The highest BCUT2D eigenvalue weighted by atomic mass is 16.3. The van der Waals surface area contributed by atoms with Crippen molar-refractivity contribution in [3.8, 4) is 11.5 Å². The number of rotatable bonds is 23. The maximum Gasteiger partial charge on any atom is 0.128 e. The number of aliphatic imine (C=N–C) groups is 2. The van der Waals surface area contributed by atoms with E-state index < -0.39 is 12.1 Å². The van der Waals surface area contributed by atoms with Crippen molar-refractivity contribution in [2.45, 2.75) is 157 Å². The molecule has 0 aromatic heterocycles. The lowest BCUT2D eigenvalue weighted by atomic mass is 9.84. The van der Waals surface area contributed by atoms with Crippen LogP contribution in [-0.2, 0) is 23.9 Å². The van der Waals surface area contributed by atoms with Gasteiger partial charge < -0.3 is 10.2 Å². The van der Waals surface area contributed by atoms with E-state index in [1.54, 1.807) is 0 Å². The van der Waals surface area contributed by atoms with Gasteiger partial charge in [-0.1, -0.05) is 168 Å². The fourth-order valence-corrected chi connectivity index (χ4v) is 7.87. The predicted octanol–water partition coefficient (Wildman–Crippen LogP) is 13.5. The SMILES string of the molecule is CCCCN(CCCC)Cc1cc(C=N[C@H](c2ccccc2)[C@H](N=Cc2cc(CN(CCCC)CCCC)cc(C(C)(C)C)c2O)c2ccccc2)c(O)c(C(C)(C)C)c1. The summed E-state index contributed by atoms with van der Waals surface area (Å²) in [6.07, 6.45) is 13.0. The second-order valence-corrected chi connectivity index (χ2v) is 18.9. The summed E-state index contributed by atoms with van der Waals surface area (Å²) >= 11 is 0. The summed E-state index contributed by atoms with van der Waals surface area (Å²) in [6.45, 7) is 27.9. The molecule has 4 aromatic rings. The molecule has 0 radical (unpaired) electrons. The summed E-state index contributed by atoms with van der Waals surface area (Å²) in [5.41, 5.74) is 7.18. The second kappa shape index (κ2) is 23.7. The standard InChI is InChI=1S/C54H78N4O2/c1-11-15-29-57(30-16-12-2)39-41-33-45(51(59)47(35-41)53(5,6)7)37-55-49(43-25-21-19-22-26-43)50(44-27-23-20-24-28-44)56-38-46-34-42(36-48(52(46)60)54(8,9)10)40-58(31-17-13-3)32-18-14-4/h19-28,33-38,49-50,59-60H,11-18,29-32,39-40H2,1-10H3/t49-,50-/m1/s1. The fourth-order valence-electron chi connectivity index (χ4n) is 7.87. The molecular formula is C54H78N4O2. The van der Waals surface area contributed by atoms with Gasteiger partial charge in [0.25, 0.3) is 0 Å². The van der Waals surface area contributed by atoms with E-state index in [4.69, 9.17) is 9.98 Å². The van der Waals surface area contributed by atoms with Crippen LogP contribution in [0.4, 0.5) is 0 Å². The van der Waals surface area contributed by atoms with Crippen LogP contribution in [0.1, 0.15) is 177 Å². The van der Waals surface area contributed by atoms with Crippen LogP contribution in [0, 0.1) is 0 Å². The van der Waals surface area contributed by atoms with Gasteiger partial charge in [-0.2, -0.15) is 0 Å². The first kappa shape index (κ1) is 48.4. The van der Waals surface area contributed by atoms with E-state index in [1.807, 2.05) is 48.8 Å². The lowest BCUT2D eigenvalue weighted by Gasteiger charge is -2.26. The molecule has 0 bridgehead atoms. The van der Waals surface area contributed by atoms with Crippen molar-refractivity contribution in [1.82, 2.24) is 9.80 Å². The zero-order valence-electron chi connectivity index (χ0n) is 39.0. The van der Waals surface area contributed by atoms with E-state index in [-0.39, 0.29) is 22.3 Å². The van der Waals surface area contributed by atoms with Crippen LogP contribution in [0.3, 0.4) is 0 Å². The smallest absolute Gasteiger partial charge is 0.128 e. The summed E-state index contributed by atoms with van der Waals surface area (Å²) in [5, 5.41) is 23.8. The third kappa shape index (κ3) is 14.4. The monoisotopic (exact) mass is 815 g/mol. The molecule has 2 atom stereocenters. The number of phenolic OH excluding ortho intramolecular Hbond substituents is 2. The van der Waals surface area contributed by atoms with Crippen molar-refractivity contribution in [1.29, 1.82) is 0 Å². The van der Waals surface area contributed by atoms with E-state index in [9.17, 15) is 10.2 Å². The van der Waals surface area contributed by atoms with E-state index >= 15 is 0 Å². The van der Waals surface area contributed by atoms with E-state index in [2.05, 4.69) is 128 Å². The van der Waals surface area contributed by atoms with Crippen LogP contribution in [0.15, 0.2) is 94.9 Å². The third-order valence-electron chi connectivity index (χ3n) is 11.5. The lowest BCUT2D eigenvalue weighted by Crippen LogP contribution is -2.26. The largest absolute Gasteiger partial charge is 0.507 e. The van der Waals surface area contributed by atoms with Crippen LogP contribution in [-0.4, -0.2) is 58.6 Å². The third-order valence-corrected chi connectivity index (χ3v) is 11.5. The van der Waals surface area contributed by atoms with Crippen molar-refractivity contribution >= 4 is 12.4 Å². The number of phenols is 2. The zero-order chi connectivity index (χ0) is 43.7. The maximum absolute atomic E-state index is 11.9. The van der Waals surface area contributed by atoms with Crippen LogP contribution in [0.25, 0.3) is 0 Å². The first-order valence-corrected chi connectivity index (χ1v) is 23.0. The van der Waals surface area contributed by atoms with Gasteiger partial charge in [0.05, 0.1) is 0 Å². The Morgan fingerprint density at radius 1 is 0.500 bits per heavy atom. The number of hydrogen-bond donors (Lipinski definition) is 2. The molecule has 0 aliphatic rings.